The Labute approximate surface area is 226 Å². The van der Waals surface area contributed by atoms with E-state index in [-0.39, 0.29) is 6.04 Å². The van der Waals surface area contributed by atoms with Crippen LogP contribution in [0.25, 0.3) is 44.6 Å². The quantitative estimate of drug-likeness (QED) is 0.252. The molecule has 1 aliphatic heterocycles. The lowest BCUT2D eigenvalue weighted by Crippen LogP contribution is -2.29. The van der Waals surface area contributed by atoms with Gasteiger partial charge in [0.2, 0.25) is 0 Å². The van der Waals surface area contributed by atoms with E-state index in [2.05, 4.69) is 59.5 Å². The molecule has 0 spiro atoms. The van der Waals surface area contributed by atoms with Gasteiger partial charge in [-0.2, -0.15) is 10.0 Å². The number of imidazole rings is 1. The Morgan fingerprint density at radius 1 is 0.897 bits per heavy atom. The van der Waals surface area contributed by atoms with Crippen LogP contribution in [-0.2, 0) is 6.54 Å². The third kappa shape index (κ3) is 4.71. The molecule has 0 atom stereocenters. The van der Waals surface area contributed by atoms with Gasteiger partial charge in [-0.15, -0.1) is 0 Å². The highest BCUT2D eigenvalue weighted by molar-refractivity contribution is 5.96. The van der Waals surface area contributed by atoms with Gasteiger partial charge in [0.25, 0.3) is 0 Å². The molecular formula is C30H32N8O. The van der Waals surface area contributed by atoms with Crippen molar-refractivity contribution in [2.75, 3.05) is 13.1 Å². The predicted octanol–water partition coefficient (Wildman–Crippen LogP) is 6.34. The second kappa shape index (κ2) is 10.3. The summed E-state index contributed by atoms with van der Waals surface area (Å²) < 4.78 is 0. The minimum atomic E-state index is -0.0616. The molecule has 2 fully saturated rings. The Balaban J connectivity index is 1.20. The summed E-state index contributed by atoms with van der Waals surface area (Å²) in [6, 6.07) is 8.57. The van der Waals surface area contributed by atoms with E-state index in [1.165, 1.54) is 37.9 Å². The maximum atomic E-state index is 11.0. The lowest BCUT2D eigenvalue weighted by molar-refractivity contribution is 0.220. The van der Waals surface area contributed by atoms with Crippen LogP contribution in [0.15, 0.2) is 54.2 Å². The number of nitroso groups, excluding NO2 is 1. The maximum Gasteiger partial charge on any atom is 0.159 e. The van der Waals surface area contributed by atoms with Crippen molar-refractivity contribution in [3.8, 4) is 22.6 Å². The van der Waals surface area contributed by atoms with Crippen LogP contribution in [0.5, 0.6) is 0 Å². The zero-order valence-electron chi connectivity index (χ0n) is 21.9. The van der Waals surface area contributed by atoms with Gasteiger partial charge in [-0.1, -0.05) is 17.7 Å². The molecule has 7 rings (SSSR count). The van der Waals surface area contributed by atoms with Gasteiger partial charge in [-0.05, 0) is 86.9 Å². The number of rotatable bonds is 6. The smallest absolute Gasteiger partial charge is 0.159 e. The first-order valence-corrected chi connectivity index (χ1v) is 14.1. The number of nitrogens with one attached hydrogen (secondary N) is 2. The summed E-state index contributed by atoms with van der Waals surface area (Å²) in [5, 5.41) is 12.1. The zero-order chi connectivity index (χ0) is 26.2. The van der Waals surface area contributed by atoms with Crippen molar-refractivity contribution in [3.05, 3.63) is 65.1 Å². The van der Waals surface area contributed by atoms with Crippen LogP contribution in [-0.4, -0.2) is 54.2 Å². The van der Waals surface area contributed by atoms with Crippen molar-refractivity contribution < 1.29 is 0 Å². The van der Waals surface area contributed by atoms with Crippen LogP contribution in [0.2, 0.25) is 0 Å². The number of aromatic amines is 2. The van der Waals surface area contributed by atoms with E-state index in [4.69, 9.17) is 4.98 Å². The highest BCUT2D eigenvalue weighted by Gasteiger charge is 2.26. The van der Waals surface area contributed by atoms with Gasteiger partial charge in [0.1, 0.15) is 5.69 Å². The van der Waals surface area contributed by atoms with Crippen LogP contribution in [0.3, 0.4) is 0 Å². The SMILES string of the molecule is O=NC1CCC(c2cncc3[nH]c(-c4n[nH]c5ccc(-c6cncc(CN7CCCCC7)c6)cc45)nc23)CC1. The average Bonchev–Trinajstić information content (AvgIpc) is 3.62. The molecule has 39 heavy (non-hydrogen) atoms. The van der Waals surface area contributed by atoms with Crippen LogP contribution in [0, 0.1) is 4.91 Å². The number of pyridine rings is 2. The summed E-state index contributed by atoms with van der Waals surface area (Å²) >= 11 is 0. The summed E-state index contributed by atoms with van der Waals surface area (Å²) in [6.45, 7) is 3.28. The van der Waals surface area contributed by atoms with Crippen LogP contribution in [0.4, 0.5) is 0 Å². The van der Waals surface area contributed by atoms with Gasteiger partial charge in [-0.3, -0.25) is 20.0 Å². The normalized spacial score (nSPS) is 20.5. The summed E-state index contributed by atoms with van der Waals surface area (Å²) in [7, 11) is 0. The topological polar surface area (TPSA) is 116 Å². The van der Waals surface area contributed by atoms with E-state index in [0.29, 0.717) is 5.92 Å². The molecule has 198 valence electrons. The van der Waals surface area contributed by atoms with E-state index in [9.17, 15) is 4.91 Å². The monoisotopic (exact) mass is 520 g/mol. The van der Waals surface area contributed by atoms with Crippen molar-refractivity contribution in [2.24, 2.45) is 5.18 Å². The molecule has 0 unspecified atom stereocenters. The molecule has 1 aromatic carbocycles. The second-order valence-electron chi connectivity index (χ2n) is 11.1. The minimum Gasteiger partial charge on any atom is -0.335 e. The lowest BCUT2D eigenvalue weighted by atomic mass is 9.82. The molecule has 1 saturated heterocycles. The lowest BCUT2D eigenvalue weighted by Gasteiger charge is -2.26. The Morgan fingerprint density at radius 3 is 2.59 bits per heavy atom. The molecule has 1 aliphatic carbocycles. The minimum absolute atomic E-state index is 0.0616. The van der Waals surface area contributed by atoms with Crippen molar-refractivity contribution in [2.45, 2.75) is 63.5 Å². The number of H-pyrrole nitrogens is 2. The predicted molar refractivity (Wildman–Crippen MR) is 152 cm³/mol. The van der Waals surface area contributed by atoms with Crippen molar-refractivity contribution in [1.29, 1.82) is 0 Å². The zero-order valence-corrected chi connectivity index (χ0v) is 21.9. The average molecular weight is 521 g/mol. The molecule has 2 N–H and O–H groups in total. The fourth-order valence-corrected chi connectivity index (χ4v) is 6.34. The number of piperidine rings is 1. The van der Waals surface area contributed by atoms with E-state index < -0.39 is 0 Å². The van der Waals surface area contributed by atoms with Crippen LogP contribution >= 0.6 is 0 Å². The number of fused-ring (bicyclic) bond motifs is 2. The Kier molecular flexibility index (Phi) is 6.36. The standard InChI is InChI=1S/C30H32N8O/c39-37-23-7-4-20(5-8-23)25-16-32-17-27-28(25)34-30(33-27)29-24-13-21(6-9-26(24)35-36-29)22-12-19(14-31-15-22)18-38-10-2-1-3-11-38/h6,9,12-17,20,23H,1-5,7-8,10-11,18H2,(H,33,34)(H,35,36). The summed E-state index contributed by atoms with van der Waals surface area (Å²) in [5.41, 5.74) is 8.19. The van der Waals surface area contributed by atoms with E-state index >= 15 is 0 Å². The molecule has 0 amide bonds. The Hall–Kier alpha value is -3.98. The number of likely N-dealkylation sites (tertiary alicyclic amines) is 1. The number of hydrogen-bond donors (Lipinski definition) is 2. The van der Waals surface area contributed by atoms with Gasteiger partial charge in [-0.25, -0.2) is 4.98 Å². The molecular weight excluding hydrogens is 488 g/mol. The number of aromatic nitrogens is 6. The molecule has 0 bridgehead atoms. The Bertz CT molecular complexity index is 1620. The van der Waals surface area contributed by atoms with E-state index in [1.54, 1.807) is 0 Å². The molecule has 0 radical (unpaired) electrons. The molecule has 9 nitrogen and oxygen atoms in total. The molecule has 4 aromatic heterocycles. The number of nitrogens with zero attached hydrogens (tertiary/aromatic N) is 6. The molecule has 5 aromatic rings. The third-order valence-corrected chi connectivity index (χ3v) is 8.48. The number of hydrogen-bond acceptors (Lipinski definition) is 7. The number of benzene rings is 1. The molecule has 5 heterocycles. The highest BCUT2D eigenvalue weighted by atomic mass is 16.3. The first-order valence-electron chi connectivity index (χ1n) is 14.1. The van der Waals surface area contributed by atoms with Crippen LogP contribution in [0.1, 0.15) is 62.0 Å². The molecule has 1 saturated carbocycles. The largest absolute Gasteiger partial charge is 0.335 e. The first kappa shape index (κ1) is 24.1. The van der Waals surface area contributed by atoms with Crippen LogP contribution < -0.4 is 0 Å². The summed E-state index contributed by atoms with van der Waals surface area (Å²) in [6.07, 6.45) is 15.1. The fourth-order valence-electron chi connectivity index (χ4n) is 6.34. The fraction of sp³-hybridized carbons (Fsp3) is 0.400. The van der Waals surface area contributed by atoms with Crippen molar-refractivity contribution in [1.82, 2.24) is 35.0 Å². The maximum absolute atomic E-state index is 11.0. The van der Waals surface area contributed by atoms with Gasteiger partial charge < -0.3 is 4.98 Å². The summed E-state index contributed by atoms with van der Waals surface area (Å²) in [4.78, 5) is 31.0. The molecule has 9 heteroatoms. The van der Waals surface area contributed by atoms with E-state index in [1.807, 2.05) is 24.8 Å². The van der Waals surface area contributed by atoms with E-state index in [0.717, 1.165) is 82.4 Å². The van der Waals surface area contributed by atoms with Gasteiger partial charge >= 0.3 is 0 Å². The first-order chi connectivity index (χ1) is 19.2. The Morgan fingerprint density at radius 2 is 1.74 bits per heavy atom. The molecule has 2 aliphatic rings. The highest BCUT2D eigenvalue weighted by Crippen LogP contribution is 2.37. The summed E-state index contributed by atoms with van der Waals surface area (Å²) in [5.74, 6) is 1.06. The third-order valence-electron chi connectivity index (χ3n) is 8.48. The van der Waals surface area contributed by atoms with Gasteiger partial charge in [0, 0.05) is 41.6 Å². The second-order valence-corrected chi connectivity index (χ2v) is 11.1. The van der Waals surface area contributed by atoms with Gasteiger partial charge in [0.15, 0.2) is 5.82 Å². The van der Waals surface area contributed by atoms with Crippen molar-refractivity contribution >= 4 is 21.9 Å². The van der Waals surface area contributed by atoms with Gasteiger partial charge in [0.05, 0.1) is 28.8 Å². The van der Waals surface area contributed by atoms with Crippen molar-refractivity contribution in [3.63, 3.8) is 0 Å².